The summed E-state index contributed by atoms with van der Waals surface area (Å²) in [6.45, 7) is 5.68. The first-order valence-electron chi connectivity index (χ1n) is 9.12. The van der Waals surface area contributed by atoms with Crippen molar-refractivity contribution in [2.75, 3.05) is 0 Å². The van der Waals surface area contributed by atoms with E-state index in [2.05, 4.69) is 47.8 Å². The maximum Gasteiger partial charge on any atom is 0.407 e. The van der Waals surface area contributed by atoms with Gasteiger partial charge in [0.25, 0.3) is 0 Å². The zero-order valence-electron chi connectivity index (χ0n) is 15.3. The van der Waals surface area contributed by atoms with Crippen LogP contribution >= 0.6 is 0 Å². The molecule has 0 aliphatic heterocycles. The Morgan fingerprint density at radius 2 is 1.83 bits per heavy atom. The predicted octanol–water partition coefficient (Wildman–Crippen LogP) is 5.26. The lowest BCUT2D eigenvalue weighted by Crippen LogP contribution is -2.40. The average Bonchev–Trinajstić information content (AvgIpc) is 2.52. The molecule has 1 aromatic rings. The number of ether oxygens (including phenoxy) is 1. The molecule has 1 saturated carbocycles. The minimum atomic E-state index is -0.428. The van der Waals surface area contributed by atoms with Gasteiger partial charge in [-0.05, 0) is 70.8 Å². The third-order valence-electron chi connectivity index (χ3n) is 4.34. The molecule has 0 unspecified atom stereocenters. The summed E-state index contributed by atoms with van der Waals surface area (Å²) in [6.07, 6.45) is 11.0. The van der Waals surface area contributed by atoms with Crippen LogP contribution < -0.4 is 5.32 Å². The Balaban J connectivity index is 1.63. The summed E-state index contributed by atoms with van der Waals surface area (Å²) in [6, 6.07) is 10.9. The fraction of sp³-hybridized carbons (Fsp3) is 0.571. The summed E-state index contributed by atoms with van der Waals surface area (Å²) in [5.74, 6) is 0.650. The molecule has 1 amide bonds. The van der Waals surface area contributed by atoms with Crippen molar-refractivity contribution in [2.24, 2.45) is 5.92 Å². The van der Waals surface area contributed by atoms with Crippen LogP contribution in [0.1, 0.15) is 58.4 Å². The number of alkyl carbamates (subject to hydrolysis) is 1. The Labute approximate surface area is 146 Å². The van der Waals surface area contributed by atoms with Crippen LogP contribution in [0.3, 0.4) is 0 Å². The van der Waals surface area contributed by atoms with Crippen LogP contribution in [0, 0.1) is 5.92 Å². The molecule has 132 valence electrons. The fourth-order valence-corrected chi connectivity index (χ4v) is 3.11. The van der Waals surface area contributed by atoms with Gasteiger partial charge in [0, 0.05) is 6.04 Å². The summed E-state index contributed by atoms with van der Waals surface area (Å²) in [5, 5.41) is 3.00. The van der Waals surface area contributed by atoms with Crippen molar-refractivity contribution in [3.8, 4) is 0 Å². The molecule has 1 aliphatic rings. The number of benzene rings is 1. The highest BCUT2D eigenvalue weighted by atomic mass is 16.6. The predicted molar refractivity (Wildman–Crippen MR) is 99.0 cm³/mol. The Kier molecular flexibility index (Phi) is 6.89. The average molecular weight is 329 g/mol. The largest absolute Gasteiger partial charge is 0.444 e. The normalized spacial score (nSPS) is 21.6. The maximum absolute atomic E-state index is 11.8. The summed E-state index contributed by atoms with van der Waals surface area (Å²) < 4.78 is 5.32. The van der Waals surface area contributed by atoms with Crippen molar-refractivity contribution in [1.29, 1.82) is 0 Å². The van der Waals surface area contributed by atoms with Crippen LogP contribution in [-0.2, 0) is 11.2 Å². The van der Waals surface area contributed by atoms with E-state index in [1.54, 1.807) is 0 Å². The molecule has 1 fully saturated rings. The van der Waals surface area contributed by atoms with Crippen LogP contribution in [0.25, 0.3) is 0 Å². The second-order valence-corrected chi connectivity index (χ2v) is 7.71. The van der Waals surface area contributed by atoms with Gasteiger partial charge in [0.05, 0.1) is 0 Å². The van der Waals surface area contributed by atoms with Crippen LogP contribution in [0.15, 0.2) is 42.5 Å². The minimum absolute atomic E-state index is 0.258. The number of hydrogen-bond acceptors (Lipinski definition) is 2. The highest BCUT2D eigenvalue weighted by Crippen LogP contribution is 2.25. The van der Waals surface area contributed by atoms with E-state index < -0.39 is 5.60 Å². The Bertz CT molecular complexity index is 523. The zero-order chi connectivity index (χ0) is 17.4. The molecule has 3 nitrogen and oxygen atoms in total. The molecule has 0 aromatic heterocycles. The van der Waals surface area contributed by atoms with Gasteiger partial charge in [0.1, 0.15) is 5.60 Å². The van der Waals surface area contributed by atoms with E-state index >= 15 is 0 Å². The lowest BCUT2D eigenvalue weighted by Gasteiger charge is -2.28. The Morgan fingerprint density at radius 3 is 2.46 bits per heavy atom. The molecule has 0 heterocycles. The van der Waals surface area contributed by atoms with Gasteiger partial charge in [0.2, 0.25) is 0 Å². The number of amides is 1. The number of allylic oxidation sites excluding steroid dienone is 2. The lowest BCUT2D eigenvalue weighted by atomic mass is 9.85. The molecule has 2 rings (SSSR count). The van der Waals surface area contributed by atoms with Crippen LogP contribution in [-0.4, -0.2) is 17.7 Å². The third-order valence-corrected chi connectivity index (χ3v) is 4.34. The first kappa shape index (κ1) is 18.6. The highest BCUT2D eigenvalue weighted by Gasteiger charge is 2.23. The highest BCUT2D eigenvalue weighted by molar-refractivity contribution is 5.68. The summed E-state index contributed by atoms with van der Waals surface area (Å²) >= 11 is 0. The van der Waals surface area contributed by atoms with Gasteiger partial charge < -0.3 is 10.1 Å². The molecule has 1 aliphatic carbocycles. The van der Waals surface area contributed by atoms with Gasteiger partial charge in [-0.3, -0.25) is 0 Å². The van der Waals surface area contributed by atoms with Crippen LogP contribution in [0.2, 0.25) is 0 Å². The van der Waals surface area contributed by atoms with E-state index in [0.717, 1.165) is 38.5 Å². The second kappa shape index (κ2) is 8.91. The van der Waals surface area contributed by atoms with Gasteiger partial charge >= 0.3 is 6.09 Å². The second-order valence-electron chi connectivity index (χ2n) is 7.71. The quantitative estimate of drug-likeness (QED) is 0.748. The van der Waals surface area contributed by atoms with Crippen molar-refractivity contribution in [3.63, 3.8) is 0 Å². The Hall–Kier alpha value is -1.77. The van der Waals surface area contributed by atoms with E-state index in [1.165, 1.54) is 5.56 Å². The summed E-state index contributed by atoms with van der Waals surface area (Å²) in [5.41, 5.74) is 0.968. The summed E-state index contributed by atoms with van der Waals surface area (Å²) in [7, 11) is 0. The van der Waals surface area contributed by atoms with Gasteiger partial charge in [-0.2, -0.15) is 0 Å². The SMILES string of the molecule is CC(C)(C)OC(=O)NC1CCC(C=CCCc2ccccc2)CC1. The van der Waals surface area contributed by atoms with Gasteiger partial charge in [0.15, 0.2) is 0 Å². The molecule has 0 radical (unpaired) electrons. The third kappa shape index (κ3) is 7.20. The van der Waals surface area contributed by atoms with Crippen LogP contribution in [0.5, 0.6) is 0 Å². The number of carbonyl (C=O) groups is 1. The monoisotopic (exact) mass is 329 g/mol. The van der Waals surface area contributed by atoms with Crippen molar-refractivity contribution in [1.82, 2.24) is 5.32 Å². The molecule has 3 heteroatoms. The molecular formula is C21H31NO2. The number of carbonyl (C=O) groups excluding carboxylic acids is 1. The standard InChI is InChI=1S/C21H31NO2/c1-21(2,3)24-20(23)22-19-15-13-18(14-16-19)12-8-7-11-17-9-5-4-6-10-17/h4-6,8-10,12,18-19H,7,11,13-16H2,1-3H3,(H,22,23). The van der Waals surface area contributed by atoms with E-state index in [1.807, 2.05) is 20.8 Å². The van der Waals surface area contributed by atoms with Crippen LogP contribution in [0.4, 0.5) is 4.79 Å². The van der Waals surface area contributed by atoms with E-state index in [-0.39, 0.29) is 12.1 Å². The molecule has 1 N–H and O–H groups in total. The summed E-state index contributed by atoms with van der Waals surface area (Å²) in [4.78, 5) is 11.8. The number of nitrogens with one attached hydrogen (secondary N) is 1. The Morgan fingerprint density at radius 1 is 1.17 bits per heavy atom. The number of rotatable bonds is 5. The maximum atomic E-state index is 11.8. The molecule has 0 atom stereocenters. The molecule has 1 aromatic carbocycles. The molecular weight excluding hydrogens is 298 g/mol. The van der Waals surface area contributed by atoms with E-state index in [0.29, 0.717) is 5.92 Å². The smallest absolute Gasteiger partial charge is 0.407 e. The van der Waals surface area contributed by atoms with Crippen molar-refractivity contribution >= 4 is 6.09 Å². The first-order chi connectivity index (χ1) is 11.4. The van der Waals surface area contributed by atoms with E-state index in [9.17, 15) is 4.79 Å². The molecule has 24 heavy (non-hydrogen) atoms. The molecule has 0 bridgehead atoms. The van der Waals surface area contributed by atoms with Crippen molar-refractivity contribution in [3.05, 3.63) is 48.0 Å². The van der Waals surface area contributed by atoms with Crippen molar-refractivity contribution < 1.29 is 9.53 Å². The van der Waals surface area contributed by atoms with Gasteiger partial charge in [-0.1, -0.05) is 42.5 Å². The van der Waals surface area contributed by atoms with Crippen molar-refractivity contribution in [2.45, 2.75) is 70.9 Å². The minimum Gasteiger partial charge on any atom is -0.444 e. The van der Waals surface area contributed by atoms with Gasteiger partial charge in [-0.15, -0.1) is 0 Å². The molecule has 0 spiro atoms. The first-order valence-corrected chi connectivity index (χ1v) is 9.12. The van der Waals surface area contributed by atoms with E-state index in [4.69, 9.17) is 4.74 Å². The zero-order valence-corrected chi connectivity index (χ0v) is 15.3. The molecule has 0 saturated heterocycles. The number of aryl methyl sites for hydroxylation is 1. The fourth-order valence-electron chi connectivity index (χ4n) is 3.11. The topological polar surface area (TPSA) is 38.3 Å². The van der Waals surface area contributed by atoms with Gasteiger partial charge in [-0.25, -0.2) is 4.79 Å². The lowest BCUT2D eigenvalue weighted by molar-refractivity contribution is 0.0490. The number of hydrogen-bond donors (Lipinski definition) is 1.